The van der Waals surface area contributed by atoms with Gasteiger partial charge in [0.25, 0.3) is 0 Å². The highest BCUT2D eigenvalue weighted by molar-refractivity contribution is 6.30. The number of aryl methyl sites for hydroxylation is 1. The van der Waals surface area contributed by atoms with Crippen LogP contribution in [-0.2, 0) is 22.4 Å². The molecule has 6 heteroatoms. The number of amides is 2. The summed E-state index contributed by atoms with van der Waals surface area (Å²) in [4.78, 5) is 24.9. The lowest BCUT2D eigenvalue weighted by molar-refractivity contribution is -0.116. The van der Waals surface area contributed by atoms with Crippen LogP contribution in [0.2, 0.25) is 10.0 Å². The van der Waals surface area contributed by atoms with Crippen LogP contribution < -0.4 is 10.6 Å². The fourth-order valence-corrected chi connectivity index (χ4v) is 3.09. The van der Waals surface area contributed by atoms with Crippen LogP contribution in [0.15, 0.2) is 66.7 Å². The largest absolute Gasteiger partial charge is 0.324 e. The summed E-state index contributed by atoms with van der Waals surface area (Å²) in [6, 6.07) is 19.7. The number of anilines is 2. The third-order valence-electron chi connectivity index (χ3n) is 4.28. The van der Waals surface area contributed by atoms with Crippen molar-refractivity contribution in [2.75, 3.05) is 10.6 Å². The van der Waals surface area contributed by atoms with Crippen molar-refractivity contribution in [1.29, 1.82) is 0 Å². The fraction of sp³-hybridized carbons (Fsp3) is 0.130. The van der Waals surface area contributed by atoms with Gasteiger partial charge in [-0.3, -0.25) is 9.59 Å². The number of carbonyl (C=O) groups excluding carboxylic acids is 2. The lowest BCUT2D eigenvalue weighted by Crippen LogP contribution is -2.19. The van der Waals surface area contributed by atoms with Crippen molar-refractivity contribution in [3.63, 3.8) is 0 Å². The molecule has 0 aliphatic heterocycles. The molecule has 2 amide bonds. The van der Waals surface area contributed by atoms with Crippen molar-refractivity contribution in [2.45, 2.75) is 19.8 Å². The van der Waals surface area contributed by atoms with Crippen molar-refractivity contribution in [2.24, 2.45) is 0 Å². The lowest BCUT2D eigenvalue weighted by atomic mass is 10.1. The third-order valence-corrected chi connectivity index (χ3v) is 4.78. The van der Waals surface area contributed by atoms with E-state index in [0.29, 0.717) is 21.4 Å². The van der Waals surface area contributed by atoms with Crippen molar-refractivity contribution in [3.8, 4) is 0 Å². The van der Waals surface area contributed by atoms with Crippen LogP contribution in [0.4, 0.5) is 11.4 Å². The van der Waals surface area contributed by atoms with Gasteiger partial charge in [-0.25, -0.2) is 0 Å². The lowest BCUT2D eigenvalue weighted by Gasteiger charge is -2.14. The second kappa shape index (κ2) is 9.59. The molecule has 29 heavy (non-hydrogen) atoms. The van der Waals surface area contributed by atoms with Gasteiger partial charge in [-0.05, 0) is 60.0 Å². The van der Waals surface area contributed by atoms with E-state index in [1.807, 2.05) is 43.3 Å². The van der Waals surface area contributed by atoms with Gasteiger partial charge in [0.2, 0.25) is 11.8 Å². The van der Waals surface area contributed by atoms with Gasteiger partial charge in [0, 0.05) is 10.0 Å². The topological polar surface area (TPSA) is 58.2 Å². The second-order valence-electron chi connectivity index (χ2n) is 6.75. The van der Waals surface area contributed by atoms with Gasteiger partial charge in [0.15, 0.2) is 0 Å². The Hall–Kier alpha value is -2.82. The fourth-order valence-electron chi connectivity index (χ4n) is 2.83. The molecule has 3 rings (SSSR count). The maximum Gasteiger partial charge on any atom is 0.228 e. The van der Waals surface area contributed by atoms with E-state index in [-0.39, 0.29) is 24.7 Å². The van der Waals surface area contributed by atoms with Gasteiger partial charge in [-0.1, -0.05) is 53.5 Å². The zero-order valence-corrected chi connectivity index (χ0v) is 17.3. The molecule has 0 unspecified atom stereocenters. The quantitative estimate of drug-likeness (QED) is 0.533. The second-order valence-corrected chi connectivity index (χ2v) is 7.62. The first-order valence-electron chi connectivity index (χ1n) is 9.08. The van der Waals surface area contributed by atoms with Crippen LogP contribution in [0.25, 0.3) is 0 Å². The van der Waals surface area contributed by atoms with Crippen LogP contribution in [0.5, 0.6) is 0 Å². The summed E-state index contributed by atoms with van der Waals surface area (Å²) in [6.07, 6.45) is 0.423. The van der Waals surface area contributed by atoms with E-state index >= 15 is 0 Å². The molecule has 0 aliphatic rings. The molecule has 0 spiro atoms. The normalized spacial score (nSPS) is 10.4. The average molecular weight is 427 g/mol. The smallest absolute Gasteiger partial charge is 0.228 e. The van der Waals surface area contributed by atoms with Crippen LogP contribution in [0.3, 0.4) is 0 Å². The summed E-state index contributed by atoms with van der Waals surface area (Å²) in [7, 11) is 0. The Morgan fingerprint density at radius 1 is 0.690 bits per heavy atom. The van der Waals surface area contributed by atoms with Crippen molar-refractivity contribution in [1.82, 2.24) is 0 Å². The number of hydrogen-bond donors (Lipinski definition) is 2. The molecule has 2 N–H and O–H groups in total. The maximum absolute atomic E-state index is 12.5. The zero-order chi connectivity index (χ0) is 20.8. The maximum atomic E-state index is 12.5. The Kier molecular flexibility index (Phi) is 6.91. The van der Waals surface area contributed by atoms with Crippen LogP contribution in [-0.4, -0.2) is 11.8 Å². The van der Waals surface area contributed by atoms with E-state index in [0.717, 1.165) is 16.7 Å². The molecule has 0 saturated heterocycles. The molecular formula is C23H20Cl2N2O2. The third kappa shape index (κ3) is 6.34. The van der Waals surface area contributed by atoms with Gasteiger partial charge in [0.1, 0.15) is 0 Å². The summed E-state index contributed by atoms with van der Waals surface area (Å²) >= 11 is 11.8. The highest BCUT2D eigenvalue weighted by Gasteiger charge is 2.11. The van der Waals surface area contributed by atoms with Gasteiger partial charge in [-0.2, -0.15) is 0 Å². The first-order chi connectivity index (χ1) is 13.9. The van der Waals surface area contributed by atoms with Crippen molar-refractivity contribution >= 4 is 46.4 Å². The Morgan fingerprint density at radius 3 is 1.62 bits per heavy atom. The van der Waals surface area contributed by atoms with E-state index in [4.69, 9.17) is 23.2 Å². The molecular weight excluding hydrogens is 407 g/mol. The van der Waals surface area contributed by atoms with E-state index in [1.54, 1.807) is 30.3 Å². The number of nitrogens with one attached hydrogen (secondary N) is 2. The first-order valence-corrected chi connectivity index (χ1v) is 9.84. The molecule has 0 aliphatic carbocycles. The molecule has 3 aromatic carbocycles. The molecule has 0 heterocycles. The Morgan fingerprint density at radius 2 is 1.14 bits per heavy atom. The number of rotatable bonds is 6. The summed E-state index contributed by atoms with van der Waals surface area (Å²) in [5.41, 5.74) is 3.80. The predicted molar refractivity (Wildman–Crippen MR) is 119 cm³/mol. The van der Waals surface area contributed by atoms with E-state index < -0.39 is 0 Å². The van der Waals surface area contributed by atoms with Crippen LogP contribution >= 0.6 is 23.2 Å². The van der Waals surface area contributed by atoms with Crippen LogP contribution in [0, 0.1) is 6.92 Å². The minimum atomic E-state index is -0.177. The highest BCUT2D eigenvalue weighted by Crippen LogP contribution is 2.24. The van der Waals surface area contributed by atoms with E-state index in [2.05, 4.69) is 10.6 Å². The summed E-state index contributed by atoms with van der Waals surface area (Å²) in [5.74, 6) is -0.351. The molecule has 0 radical (unpaired) electrons. The molecule has 148 valence electrons. The molecule has 3 aromatic rings. The van der Waals surface area contributed by atoms with Crippen LogP contribution in [0.1, 0.15) is 16.7 Å². The molecule has 0 saturated carbocycles. The summed E-state index contributed by atoms with van der Waals surface area (Å²) in [5, 5.41) is 7.01. The van der Waals surface area contributed by atoms with Gasteiger partial charge in [-0.15, -0.1) is 0 Å². The Labute approximate surface area is 179 Å². The van der Waals surface area contributed by atoms with E-state index in [1.165, 1.54) is 0 Å². The zero-order valence-electron chi connectivity index (χ0n) is 15.8. The number of hydrogen-bond acceptors (Lipinski definition) is 2. The minimum Gasteiger partial charge on any atom is -0.324 e. The van der Waals surface area contributed by atoms with Crippen molar-refractivity contribution in [3.05, 3.63) is 93.5 Å². The standard InChI is InChI=1S/C23H20Cl2N2O2/c1-15-2-11-20(26-22(28)13-16-3-7-18(24)8-4-16)21(12-15)27-23(29)14-17-5-9-19(25)10-6-17/h2-12H,13-14H2,1H3,(H,26,28)(H,27,29). The van der Waals surface area contributed by atoms with Gasteiger partial charge >= 0.3 is 0 Å². The highest BCUT2D eigenvalue weighted by atomic mass is 35.5. The van der Waals surface area contributed by atoms with Gasteiger partial charge in [0.05, 0.1) is 24.2 Å². The average Bonchev–Trinajstić information content (AvgIpc) is 2.67. The molecule has 4 nitrogen and oxygen atoms in total. The van der Waals surface area contributed by atoms with Gasteiger partial charge < -0.3 is 10.6 Å². The molecule has 0 bridgehead atoms. The molecule has 0 atom stereocenters. The first kappa shape index (κ1) is 20.9. The Balaban J connectivity index is 1.68. The molecule has 0 fully saturated rings. The Bertz CT molecular complexity index is 1020. The number of carbonyl (C=O) groups is 2. The predicted octanol–water partition coefficient (Wildman–Crippen LogP) is 5.66. The SMILES string of the molecule is Cc1ccc(NC(=O)Cc2ccc(Cl)cc2)c(NC(=O)Cc2ccc(Cl)cc2)c1. The molecule has 0 aromatic heterocycles. The van der Waals surface area contributed by atoms with Crippen molar-refractivity contribution < 1.29 is 9.59 Å². The number of halogens is 2. The minimum absolute atomic E-state index is 0.175. The monoisotopic (exact) mass is 426 g/mol. The van der Waals surface area contributed by atoms with E-state index in [9.17, 15) is 9.59 Å². The number of benzene rings is 3. The summed E-state index contributed by atoms with van der Waals surface area (Å²) < 4.78 is 0. The summed E-state index contributed by atoms with van der Waals surface area (Å²) in [6.45, 7) is 1.92.